The van der Waals surface area contributed by atoms with Gasteiger partial charge < -0.3 is 10.7 Å². The molecule has 2 heterocycles. The Kier molecular flexibility index (Phi) is 3.99. The van der Waals surface area contributed by atoms with Gasteiger partial charge in [-0.25, -0.2) is 14.8 Å². The van der Waals surface area contributed by atoms with Crippen LogP contribution in [0.25, 0.3) is 11.2 Å². The van der Waals surface area contributed by atoms with Gasteiger partial charge in [-0.05, 0) is 29.5 Å². The van der Waals surface area contributed by atoms with Gasteiger partial charge in [0.2, 0.25) is 0 Å². The minimum Gasteiger partial charge on any atom is -0.382 e. The van der Waals surface area contributed by atoms with Crippen LogP contribution in [0.4, 0.5) is 5.82 Å². The van der Waals surface area contributed by atoms with Crippen LogP contribution in [0.5, 0.6) is 0 Å². The first-order chi connectivity index (χ1) is 12.2. The molecule has 0 bridgehead atoms. The van der Waals surface area contributed by atoms with Crippen LogP contribution < -0.4 is 11.4 Å². The number of hydrogen-bond acceptors (Lipinski definition) is 5. The van der Waals surface area contributed by atoms with E-state index in [1.165, 1.54) is 11.8 Å². The Morgan fingerprint density at radius 1 is 1.00 bits per heavy atom. The molecular weight excluding hydrogens is 334 g/mol. The van der Waals surface area contributed by atoms with Gasteiger partial charge in [-0.1, -0.05) is 48.5 Å². The van der Waals surface area contributed by atoms with Crippen molar-refractivity contribution >= 4 is 28.7 Å². The summed E-state index contributed by atoms with van der Waals surface area (Å²) in [5.74, 6) is 0.271. The molecule has 0 unspecified atom stereocenters. The number of imidazole rings is 1. The zero-order valence-electron chi connectivity index (χ0n) is 13.2. The van der Waals surface area contributed by atoms with Crippen LogP contribution in [0.1, 0.15) is 5.56 Å². The van der Waals surface area contributed by atoms with Gasteiger partial charge in [0.15, 0.2) is 16.6 Å². The molecule has 0 saturated heterocycles. The zero-order valence-corrected chi connectivity index (χ0v) is 14.0. The maximum Gasteiger partial charge on any atom is 0.328 e. The predicted octanol–water partition coefficient (Wildman–Crippen LogP) is 2.90. The van der Waals surface area contributed by atoms with Crippen molar-refractivity contribution in [3.05, 3.63) is 76.7 Å². The van der Waals surface area contributed by atoms with E-state index in [0.717, 1.165) is 10.5 Å². The van der Waals surface area contributed by atoms with Crippen molar-refractivity contribution in [3.63, 3.8) is 0 Å². The number of benzene rings is 2. The number of fused-ring (bicyclic) bond motifs is 1. The van der Waals surface area contributed by atoms with Crippen molar-refractivity contribution in [1.82, 2.24) is 19.5 Å². The Morgan fingerprint density at radius 3 is 2.40 bits per heavy atom. The molecule has 25 heavy (non-hydrogen) atoms. The number of anilines is 1. The van der Waals surface area contributed by atoms with E-state index in [1.807, 2.05) is 60.7 Å². The Balaban J connectivity index is 1.78. The fourth-order valence-corrected chi connectivity index (χ4v) is 3.36. The van der Waals surface area contributed by atoms with Gasteiger partial charge in [-0.3, -0.25) is 4.57 Å². The first-order valence-electron chi connectivity index (χ1n) is 7.73. The lowest BCUT2D eigenvalue weighted by molar-refractivity contribution is 0.771. The van der Waals surface area contributed by atoms with Gasteiger partial charge in [0, 0.05) is 4.90 Å². The standard InChI is InChI=1S/C18H15N5OS/c19-15-14-16(22-17(21-15)25-13-9-5-2-6-10-13)23(18(24)20-14)11-12-7-3-1-4-8-12/h1-10H,11H2,(H,20,24)(H2,19,21,22). The Labute approximate surface area is 147 Å². The highest BCUT2D eigenvalue weighted by Gasteiger charge is 2.14. The number of nitrogens with zero attached hydrogens (tertiary/aromatic N) is 3. The number of aromatic nitrogens is 4. The van der Waals surface area contributed by atoms with Gasteiger partial charge in [0.1, 0.15) is 5.52 Å². The molecule has 0 atom stereocenters. The summed E-state index contributed by atoms with van der Waals surface area (Å²) in [6.45, 7) is 0.422. The Morgan fingerprint density at radius 2 is 1.68 bits per heavy atom. The number of H-pyrrole nitrogens is 1. The normalized spacial score (nSPS) is 11.0. The summed E-state index contributed by atoms with van der Waals surface area (Å²) in [5, 5.41) is 0.511. The minimum absolute atomic E-state index is 0.248. The van der Waals surface area contributed by atoms with E-state index in [-0.39, 0.29) is 11.5 Å². The van der Waals surface area contributed by atoms with E-state index in [2.05, 4.69) is 15.0 Å². The molecule has 0 spiro atoms. The predicted molar refractivity (Wildman–Crippen MR) is 98.7 cm³/mol. The lowest BCUT2D eigenvalue weighted by Crippen LogP contribution is -2.17. The van der Waals surface area contributed by atoms with Crippen molar-refractivity contribution in [2.75, 3.05) is 5.73 Å². The van der Waals surface area contributed by atoms with E-state index < -0.39 is 0 Å². The number of nitrogens with two attached hydrogens (primary N) is 1. The van der Waals surface area contributed by atoms with E-state index >= 15 is 0 Å². The summed E-state index contributed by atoms with van der Waals surface area (Å²) in [4.78, 5) is 25.0. The minimum atomic E-state index is -0.248. The molecule has 0 fully saturated rings. The number of rotatable bonds is 4. The number of aromatic amines is 1. The molecule has 4 aromatic rings. The van der Waals surface area contributed by atoms with Crippen molar-refractivity contribution in [2.24, 2.45) is 0 Å². The molecule has 2 aromatic carbocycles. The second-order valence-electron chi connectivity index (χ2n) is 5.51. The molecule has 0 saturated carbocycles. The second kappa shape index (κ2) is 6.45. The smallest absolute Gasteiger partial charge is 0.328 e. The van der Waals surface area contributed by atoms with Crippen LogP contribution >= 0.6 is 11.8 Å². The SMILES string of the molecule is Nc1nc(Sc2ccccc2)nc2c1[nH]c(=O)n2Cc1ccccc1. The van der Waals surface area contributed by atoms with Gasteiger partial charge in [-0.15, -0.1) is 0 Å². The van der Waals surface area contributed by atoms with E-state index in [0.29, 0.717) is 22.9 Å². The molecule has 124 valence electrons. The molecule has 7 heteroatoms. The van der Waals surface area contributed by atoms with E-state index in [9.17, 15) is 4.79 Å². The third-order valence-electron chi connectivity index (χ3n) is 3.77. The van der Waals surface area contributed by atoms with Crippen molar-refractivity contribution < 1.29 is 0 Å². The average Bonchev–Trinajstić information content (AvgIpc) is 2.94. The summed E-state index contributed by atoms with van der Waals surface area (Å²) in [6, 6.07) is 19.6. The Hall–Kier alpha value is -3.06. The number of nitrogen functional groups attached to an aromatic ring is 1. The Bertz CT molecular complexity index is 1070. The molecule has 0 aliphatic rings. The first-order valence-corrected chi connectivity index (χ1v) is 8.55. The molecule has 6 nitrogen and oxygen atoms in total. The summed E-state index contributed by atoms with van der Waals surface area (Å²) in [6.07, 6.45) is 0. The average molecular weight is 349 g/mol. The zero-order chi connectivity index (χ0) is 17.2. The monoisotopic (exact) mass is 349 g/mol. The molecule has 0 amide bonds. The van der Waals surface area contributed by atoms with Gasteiger partial charge in [0.25, 0.3) is 0 Å². The molecule has 2 aromatic heterocycles. The van der Waals surface area contributed by atoms with Crippen LogP contribution in [0.3, 0.4) is 0 Å². The van der Waals surface area contributed by atoms with Crippen molar-refractivity contribution in [3.8, 4) is 0 Å². The van der Waals surface area contributed by atoms with Crippen LogP contribution in [0, 0.1) is 0 Å². The summed E-state index contributed by atoms with van der Waals surface area (Å²) < 4.78 is 1.58. The largest absolute Gasteiger partial charge is 0.382 e. The quantitative estimate of drug-likeness (QED) is 0.553. The summed E-state index contributed by atoms with van der Waals surface area (Å²) >= 11 is 1.41. The van der Waals surface area contributed by atoms with Gasteiger partial charge >= 0.3 is 5.69 Å². The van der Waals surface area contributed by atoms with Crippen molar-refractivity contribution in [1.29, 1.82) is 0 Å². The molecule has 0 aliphatic carbocycles. The van der Waals surface area contributed by atoms with E-state index in [4.69, 9.17) is 5.73 Å². The highest BCUT2D eigenvalue weighted by molar-refractivity contribution is 7.99. The van der Waals surface area contributed by atoms with Crippen LogP contribution in [0.15, 0.2) is 75.5 Å². The topological polar surface area (TPSA) is 89.6 Å². The maximum atomic E-state index is 12.3. The van der Waals surface area contributed by atoms with Crippen molar-refractivity contribution in [2.45, 2.75) is 16.6 Å². The third-order valence-corrected chi connectivity index (χ3v) is 4.64. The molecule has 3 N–H and O–H groups in total. The number of nitrogens with one attached hydrogen (secondary N) is 1. The molecular formula is C18H15N5OS. The van der Waals surface area contributed by atoms with E-state index in [1.54, 1.807) is 4.57 Å². The lowest BCUT2D eigenvalue weighted by atomic mass is 10.2. The first kappa shape index (κ1) is 15.5. The van der Waals surface area contributed by atoms with Crippen LogP contribution in [-0.2, 0) is 6.54 Å². The summed E-state index contributed by atoms with van der Waals surface area (Å²) in [7, 11) is 0. The second-order valence-corrected chi connectivity index (χ2v) is 6.55. The lowest BCUT2D eigenvalue weighted by Gasteiger charge is -2.05. The third kappa shape index (κ3) is 3.14. The maximum absolute atomic E-state index is 12.3. The highest BCUT2D eigenvalue weighted by atomic mass is 32.2. The van der Waals surface area contributed by atoms with Crippen LogP contribution in [-0.4, -0.2) is 19.5 Å². The molecule has 4 rings (SSSR count). The van der Waals surface area contributed by atoms with Crippen LogP contribution in [0.2, 0.25) is 0 Å². The highest BCUT2D eigenvalue weighted by Crippen LogP contribution is 2.27. The summed E-state index contributed by atoms with van der Waals surface area (Å²) in [5.41, 5.74) is 7.79. The van der Waals surface area contributed by atoms with Gasteiger partial charge in [0.05, 0.1) is 6.54 Å². The number of hydrogen-bond donors (Lipinski definition) is 2. The van der Waals surface area contributed by atoms with Gasteiger partial charge in [-0.2, -0.15) is 0 Å². The molecule has 0 radical (unpaired) electrons. The fourth-order valence-electron chi connectivity index (χ4n) is 2.58. The molecule has 0 aliphatic heterocycles. The fraction of sp³-hybridized carbons (Fsp3) is 0.0556.